The molecule has 0 spiro atoms. The van der Waals surface area contributed by atoms with Gasteiger partial charge in [0.2, 0.25) is 10.0 Å². The third-order valence-corrected chi connectivity index (χ3v) is 6.45. The van der Waals surface area contributed by atoms with Crippen LogP contribution in [0.2, 0.25) is 0 Å². The van der Waals surface area contributed by atoms with E-state index in [-0.39, 0.29) is 5.91 Å². The van der Waals surface area contributed by atoms with E-state index in [1.807, 2.05) is 12.1 Å². The van der Waals surface area contributed by atoms with Gasteiger partial charge in [0.25, 0.3) is 5.91 Å². The fraction of sp³-hybridized carbons (Fsp3) is 0.267. The number of carbonyl (C=O) groups excluding carboxylic acids is 1. The van der Waals surface area contributed by atoms with Crippen LogP contribution in [-0.4, -0.2) is 27.1 Å². The number of sulfonamides is 1. The van der Waals surface area contributed by atoms with Crippen molar-refractivity contribution < 1.29 is 13.2 Å². The Morgan fingerprint density at radius 1 is 1.35 bits per heavy atom. The van der Waals surface area contributed by atoms with E-state index in [2.05, 4.69) is 21.2 Å². The van der Waals surface area contributed by atoms with Crippen LogP contribution in [0.3, 0.4) is 0 Å². The van der Waals surface area contributed by atoms with Crippen LogP contribution in [0.5, 0.6) is 0 Å². The molecule has 1 amide bonds. The van der Waals surface area contributed by atoms with E-state index in [4.69, 9.17) is 0 Å². The number of anilines is 1. The highest BCUT2D eigenvalue weighted by Crippen LogP contribution is 2.30. The van der Waals surface area contributed by atoms with Crippen molar-refractivity contribution >= 4 is 48.9 Å². The van der Waals surface area contributed by atoms with Crippen LogP contribution in [0.4, 0.5) is 5.69 Å². The van der Waals surface area contributed by atoms with Gasteiger partial charge in [0.05, 0.1) is 22.3 Å². The molecule has 0 aliphatic carbocycles. The van der Waals surface area contributed by atoms with E-state index >= 15 is 0 Å². The first kappa shape index (κ1) is 16.5. The van der Waals surface area contributed by atoms with E-state index in [1.54, 1.807) is 29.5 Å². The molecule has 0 unspecified atom stereocenters. The van der Waals surface area contributed by atoms with E-state index in [0.29, 0.717) is 30.8 Å². The molecule has 1 aliphatic rings. The first-order chi connectivity index (χ1) is 10.8. The molecule has 0 radical (unpaired) electrons. The van der Waals surface area contributed by atoms with Gasteiger partial charge < -0.3 is 5.32 Å². The zero-order chi connectivity index (χ0) is 16.6. The van der Waals surface area contributed by atoms with Crippen molar-refractivity contribution in [1.82, 2.24) is 5.32 Å². The van der Waals surface area contributed by atoms with Gasteiger partial charge in [-0.25, -0.2) is 8.42 Å². The molecule has 1 N–H and O–H groups in total. The Morgan fingerprint density at radius 3 is 2.78 bits per heavy atom. The molecule has 0 fully saturated rings. The Labute approximate surface area is 147 Å². The van der Waals surface area contributed by atoms with Crippen LogP contribution in [0.1, 0.15) is 20.8 Å². The fourth-order valence-corrected chi connectivity index (χ4v) is 4.95. The maximum atomic E-state index is 12.3. The molecule has 122 valence electrons. The molecule has 23 heavy (non-hydrogen) atoms. The van der Waals surface area contributed by atoms with Crippen molar-refractivity contribution in [1.29, 1.82) is 0 Å². The summed E-state index contributed by atoms with van der Waals surface area (Å²) in [7, 11) is -3.26. The lowest BCUT2D eigenvalue weighted by Crippen LogP contribution is -2.27. The minimum Gasteiger partial charge on any atom is -0.347 e. The van der Waals surface area contributed by atoms with Gasteiger partial charge in [0.1, 0.15) is 0 Å². The lowest BCUT2D eigenvalue weighted by molar-refractivity contribution is 0.0951. The highest BCUT2D eigenvalue weighted by molar-refractivity contribution is 9.11. The molecular formula is C15H15BrN2O3S2. The van der Waals surface area contributed by atoms with Gasteiger partial charge in [-0.1, -0.05) is 0 Å². The molecule has 1 aromatic heterocycles. The highest BCUT2D eigenvalue weighted by atomic mass is 79.9. The number of nitrogens with zero attached hydrogens (tertiary/aromatic N) is 1. The number of amides is 1. The minimum atomic E-state index is -3.26. The average Bonchev–Trinajstić information content (AvgIpc) is 3.09. The zero-order valence-electron chi connectivity index (χ0n) is 12.4. The summed E-state index contributed by atoms with van der Waals surface area (Å²) in [6.45, 7) is 0.907. The molecule has 2 aromatic rings. The third kappa shape index (κ3) is 3.59. The number of nitrogens with one attached hydrogen (secondary N) is 1. The summed E-state index contributed by atoms with van der Waals surface area (Å²) < 4.78 is 25.9. The van der Waals surface area contributed by atoms with Crippen LogP contribution in [-0.2, 0) is 23.0 Å². The van der Waals surface area contributed by atoms with Crippen molar-refractivity contribution in [2.75, 3.05) is 17.1 Å². The lowest BCUT2D eigenvalue weighted by atomic mass is 10.1. The van der Waals surface area contributed by atoms with Crippen LogP contribution < -0.4 is 9.62 Å². The van der Waals surface area contributed by atoms with Crippen molar-refractivity contribution in [2.24, 2.45) is 0 Å². The van der Waals surface area contributed by atoms with Gasteiger partial charge in [-0.05, 0) is 58.2 Å². The molecule has 3 rings (SSSR count). The maximum absolute atomic E-state index is 12.3. The molecule has 0 atom stereocenters. The predicted octanol–water partition coefficient (Wildman–Crippen LogP) is 2.76. The molecule has 0 saturated heterocycles. The van der Waals surface area contributed by atoms with Crippen molar-refractivity contribution in [3.8, 4) is 0 Å². The number of rotatable bonds is 4. The normalized spacial score (nSPS) is 13.9. The number of hydrogen-bond donors (Lipinski definition) is 1. The second-order valence-electron chi connectivity index (χ2n) is 5.32. The summed E-state index contributed by atoms with van der Waals surface area (Å²) in [5.74, 6) is -0.157. The molecule has 2 heterocycles. The summed E-state index contributed by atoms with van der Waals surface area (Å²) in [6, 6.07) is 9.06. The number of thiophene rings is 1. The predicted molar refractivity (Wildman–Crippen MR) is 95.5 cm³/mol. The van der Waals surface area contributed by atoms with Crippen LogP contribution >= 0.6 is 27.3 Å². The monoisotopic (exact) mass is 414 g/mol. The van der Waals surface area contributed by atoms with Crippen molar-refractivity contribution in [2.45, 2.75) is 13.0 Å². The SMILES string of the molecule is CS(=O)(=O)N1CCc2cc(C(=O)NCc3ccc(Br)s3)ccc21. The van der Waals surface area contributed by atoms with Crippen LogP contribution in [0, 0.1) is 0 Å². The van der Waals surface area contributed by atoms with Gasteiger partial charge in [0.15, 0.2) is 0 Å². The molecule has 0 bridgehead atoms. The number of carbonyl (C=O) groups is 1. The summed E-state index contributed by atoms with van der Waals surface area (Å²) >= 11 is 4.97. The van der Waals surface area contributed by atoms with Gasteiger partial charge in [-0.3, -0.25) is 9.10 Å². The summed E-state index contributed by atoms with van der Waals surface area (Å²) in [4.78, 5) is 13.3. The molecule has 1 aliphatic heterocycles. The van der Waals surface area contributed by atoms with Gasteiger partial charge in [-0.2, -0.15) is 0 Å². The molecule has 5 nitrogen and oxygen atoms in total. The Bertz CT molecular complexity index is 861. The van der Waals surface area contributed by atoms with E-state index in [0.717, 1.165) is 14.2 Å². The molecule has 8 heteroatoms. The quantitative estimate of drug-likeness (QED) is 0.835. The second-order valence-corrected chi connectivity index (χ2v) is 9.77. The second kappa shape index (κ2) is 6.26. The van der Waals surface area contributed by atoms with Gasteiger partial charge >= 0.3 is 0 Å². The van der Waals surface area contributed by atoms with E-state index in [9.17, 15) is 13.2 Å². The number of fused-ring (bicyclic) bond motifs is 1. The third-order valence-electron chi connectivity index (χ3n) is 3.65. The Morgan fingerprint density at radius 2 is 2.13 bits per heavy atom. The van der Waals surface area contributed by atoms with Crippen molar-refractivity contribution in [3.63, 3.8) is 0 Å². The number of benzene rings is 1. The molecule has 1 aromatic carbocycles. The summed E-state index contributed by atoms with van der Waals surface area (Å²) in [5.41, 5.74) is 2.11. The fourth-order valence-electron chi connectivity index (χ4n) is 2.57. The molecule has 0 saturated carbocycles. The maximum Gasteiger partial charge on any atom is 0.251 e. The first-order valence-electron chi connectivity index (χ1n) is 6.97. The van der Waals surface area contributed by atoms with Gasteiger partial charge in [0, 0.05) is 17.0 Å². The largest absolute Gasteiger partial charge is 0.347 e. The number of hydrogen-bond acceptors (Lipinski definition) is 4. The van der Waals surface area contributed by atoms with E-state index in [1.165, 1.54) is 10.6 Å². The Kier molecular flexibility index (Phi) is 4.48. The summed E-state index contributed by atoms with van der Waals surface area (Å²) in [5, 5.41) is 2.88. The lowest BCUT2D eigenvalue weighted by Gasteiger charge is -2.16. The average molecular weight is 415 g/mol. The standard InChI is InChI=1S/C15H15BrN2O3S2/c1-23(20,21)18-7-6-10-8-11(2-4-13(10)18)15(19)17-9-12-3-5-14(16)22-12/h2-5,8H,6-7,9H2,1H3,(H,17,19). The van der Waals surface area contributed by atoms with Crippen LogP contribution in [0.25, 0.3) is 0 Å². The topological polar surface area (TPSA) is 66.5 Å². The number of halogens is 1. The van der Waals surface area contributed by atoms with Crippen molar-refractivity contribution in [3.05, 3.63) is 50.1 Å². The minimum absolute atomic E-state index is 0.157. The Balaban J connectivity index is 1.73. The zero-order valence-corrected chi connectivity index (χ0v) is 15.6. The molecular weight excluding hydrogens is 400 g/mol. The highest BCUT2D eigenvalue weighted by Gasteiger charge is 2.26. The first-order valence-corrected chi connectivity index (χ1v) is 10.4. The Hall–Kier alpha value is -1.38. The summed E-state index contributed by atoms with van der Waals surface area (Å²) in [6.07, 6.45) is 1.82. The smallest absolute Gasteiger partial charge is 0.251 e. The van der Waals surface area contributed by atoms with Gasteiger partial charge in [-0.15, -0.1) is 11.3 Å². The van der Waals surface area contributed by atoms with E-state index < -0.39 is 10.0 Å². The van der Waals surface area contributed by atoms with Crippen LogP contribution in [0.15, 0.2) is 34.1 Å².